The summed E-state index contributed by atoms with van der Waals surface area (Å²) in [5, 5.41) is 20.0. The SMILES string of the molecule is O=C(Nc1ccc(Nc2c3ccccc3nc3ccccc23)cc1)Nc1ccc(C(=O)O)cc1. The Morgan fingerprint density at radius 3 is 1.62 bits per heavy atom. The van der Waals surface area contributed by atoms with Crippen LogP contribution in [0.1, 0.15) is 10.4 Å². The number of carbonyl (C=O) groups excluding carboxylic acids is 1. The minimum absolute atomic E-state index is 0.156. The van der Waals surface area contributed by atoms with Crippen LogP contribution in [0.3, 0.4) is 0 Å². The number of hydrogen-bond acceptors (Lipinski definition) is 4. The van der Waals surface area contributed by atoms with E-state index in [0.29, 0.717) is 11.4 Å². The minimum atomic E-state index is -1.02. The first kappa shape index (κ1) is 21.0. The van der Waals surface area contributed by atoms with Gasteiger partial charge in [0.05, 0.1) is 22.3 Å². The van der Waals surface area contributed by atoms with Gasteiger partial charge in [0.25, 0.3) is 0 Å². The highest BCUT2D eigenvalue weighted by Crippen LogP contribution is 2.33. The highest BCUT2D eigenvalue weighted by molar-refractivity contribution is 6.08. The van der Waals surface area contributed by atoms with E-state index in [9.17, 15) is 9.59 Å². The number of amides is 2. The zero-order valence-corrected chi connectivity index (χ0v) is 17.9. The van der Waals surface area contributed by atoms with E-state index in [1.165, 1.54) is 12.1 Å². The molecule has 1 heterocycles. The smallest absolute Gasteiger partial charge is 0.335 e. The average molecular weight is 448 g/mol. The number of aromatic carboxylic acids is 1. The van der Waals surface area contributed by atoms with Crippen molar-refractivity contribution >= 4 is 56.6 Å². The molecule has 0 aliphatic carbocycles. The maximum Gasteiger partial charge on any atom is 0.335 e. The Bertz CT molecular complexity index is 1460. The molecule has 0 aliphatic rings. The molecule has 34 heavy (non-hydrogen) atoms. The van der Waals surface area contributed by atoms with Gasteiger partial charge in [-0.05, 0) is 60.7 Å². The molecule has 4 aromatic carbocycles. The Morgan fingerprint density at radius 1 is 0.618 bits per heavy atom. The lowest BCUT2D eigenvalue weighted by atomic mass is 10.1. The molecule has 2 amide bonds. The highest BCUT2D eigenvalue weighted by Gasteiger charge is 2.10. The number of pyridine rings is 1. The quantitative estimate of drug-likeness (QED) is 0.231. The number of carboxylic acid groups (broad SMARTS) is 1. The van der Waals surface area contributed by atoms with Crippen LogP contribution in [0.25, 0.3) is 21.8 Å². The molecule has 0 atom stereocenters. The van der Waals surface area contributed by atoms with Crippen LogP contribution in [0, 0.1) is 0 Å². The number of nitrogens with one attached hydrogen (secondary N) is 3. The summed E-state index contributed by atoms with van der Waals surface area (Å²) >= 11 is 0. The normalized spacial score (nSPS) is 10.7. The molecule has 0 spiro atoms. The van der Waals surface area contributed by atoms with Gasteiger partial charge >= 0.3 is 12.0 Å². The Morgan fingerprint density at radius 2 is 1.09 bits per heavy atom. The largest absolute Gasteiger partial charge is 0.478 e. The van der Waals surface area contributed by atoms with Crippen molar-refractivity contribution in [3.05, 3.63) is 103 Å². The molecule has 1 aromatic heterocycles. The topological polar surface area (TPSA) is 103 Å². The average Bonchev–Trinajstić information content (AvgIpc) is 2.85. The van der Waals surface area contributed by atoms with Crippen LogP contribution >= 0.6 is 0 Å². The van der Waals surface area contributed by atoms with Crippen molar-refractivity contribution < 1.29 is 14.7 Å². The van der Waals surface area contributed by atoms with E-state index in [2.05, 4.69) is 16.0 Å². The first-order valence-electron chi connectivity index (χ1n) is 10.6. The van der Waals surface area contributed by atoms with Crippen molar-refractivity contribution in [2.75, 3.05) is 16.0 Å². The van der Waals surface area contributed by atoms with Crippen molar-refractivity contribution in [3.8, 4) is 0 Å². The molecule has 5 aromatic rings. The summed E-state index contributed by atoms with van der Waals surface area (Å²) in [5.41, 5.74) is 4.95. The Hall–Kier alpha value is -4.91. The number of rotatable bonds is 5. The van der Waals surface area contributed by atoms with Gasteiger partial charge in [-0.3, -0.25) is 0 Å². The molecule has 0 saturated heterocycles. The van der Waals surface area contributed by atoms with Crippen LogP contribution in [0.4, 0.5) is 27.5 Å². The zero-order valence-electron chi connectivity index (χ0n) is 17.9. The number of nitrogens with zero attached hydrogens (tertiary/aromatic N) is 1. The van der Waals surface area contributed by atoms with Crippen LogP contribution in [0.5, 0.6) is 0 Å². The third-order valence-electron chi connectivity index (χ3n) is 5.39. The van der Waals surface area contributed by atoms with Gasteiger partial charge in [-0.15, -0.1) is 0 Å². The van der Waals surface area contributed by atoms with Crippen molar-refractivity contribution in [1.29, 1.82) is 0 Å². The molecule has 5 rings (SSSR count). The molecule has 7 nitrogen and oxygen atoms in total. The zero-order chi connectivity index (χ0) is 23.5. The van der Waals surface area contributed by atoms with Gasteiger partial charge in [-0.2, -0.15) is 0 Å². The number of fused-ring (bicyclic) bond motifs is 2. The fourth-order valence-corrected chi connectivity index (χ4v) is 3.75. The fourth-order valence-electron chi connectivity index (χ4n) is 3.75. The Labute approximate surface area is 195 Å². The first-order chi connectivity index (χ1) is 16.6. The summed E-state index contributed by atoms with van der Waals surface area (Å²) in [7, 11) is 0. The molecule has 0 unspecified atom stereocenters. The number of anilines is 4. The molecule has 166 valence electrons. The van der Waals surface area contributed by atoms with Crippen molar-refractivity contribution in [2.24, 2.45) is 0 Å². The standard InChI is InChI=1S/C27H20N4O3/c32-26(33)17-9-11-19(12-10-17)29-27(34)30-20-15-13-18(14-16-20)28-25-21-5-1-3-7-23(21)31-24-8-4-2-6-22(24)25/h1-16H,(H,28,31)(H,32,33)(H2,29,30,34). The Balaban J connectivity index is 1.32. The summed E-state index contributed by atoms with van der Waals surface area (Å²) in [6, 6.07) is 28.9. The number of carboxylic acids is 1. The number of hydrogen-bond donors (Lipinski definition) is 4. The van der Waals surface area contributed by atoms with Gasteiger partial charge in [0.15, 0.2) is 0 Å². The van der Waals surface area contributed by atoms with E-state index in [-0.39, 0.29) is 5.56 Å². The van der Waals surface area contributed by atoms with E-state index < -0.39 is 12.0 Å². The van der Waals surface area contributed by atoms with Gasteiger partial charge in [0, 0.05) is 27.8 Å². The summed E-state index contributed by atoms with van der Waals surface area (Å²) in [6.45, 7) is 0. The van der Waals surface area contributed by atoms with Crippen LogP contribution in [-0.4, -0.2) is 22.1 Å². The van der Waals surface area contributed by atoms with Crippen LogP contribution in [0.2, 0.25) is 0 Å². The number of aromatic nitrogens is 1. The first-order valence-corrected chi connectivity index (χ1v) is 10.6. The lowest BCUT2D eigenvalue weighted by Crippen LogP contribution is -2.19. The number of benzene rings is 4. The summed E-state index contributed by atoms with van der Waals surface area (Å²) < 4.78 is 0. The molecular weight excluding hydrogens is 428 g/mol. The lowest BCUT2D eigenvalue weighted by molar-refractivity contribution is 0.0697. The number of urea groups is 1. The molecule has 0 aliphatic heterocycles. The molecule has 0 bridgehead atoms. The molecule has 0 saturated carbocycles. The van der Waals surface area contributed by atoms with E-state index in [0.717, 1.165) is 33.2 Å². The molecule has 7 heteroatoms. The van der Waals surface area contributed by atoms with E-state index in [1.807, 2.05) is 60.7 Å². The highest BCUT2D eigenvalue weighted by atomic mass is 16.4. The monoisotopic (exact) mass is 448 g/mol. The van der Waals surface area contributed by atoms with Gasteiger partial charge in [-0.1, -0.05) is 36.4 Å². The summed E-state index contributed by atoms with van der Waals surface area (Å²) in [5.74, 6) is -1.02. The van der Waals surface area contributed by atoms with E-state index in [1.54, 1.807) is 24.3 Å². The van der Waals surface area contributed by atoms with Crippen LogP contribution in [0.15, 0.2) is 97.1 Å². The fraction of sp³-hybridized carbons (Fsp3) is 0. The summed E-state index contributed by atoms with van der Waals surface area (Å²) in [4.78, 5) is 28.0. The summed E-state index contributed by atoms with van der Waals surface area (Å²) in [6.07, 6.45) is 0. The second-order valence-electron chi connectivity index (χ2n) is 7.69. The van der Waals surface area contributed by atoms with Crippen LogP contribution in [-0.2, 0) is 0 Å². The maximum atomic E-state index is 12.3. The van der Waals surface area contributed by atoms with Crippen LogP contribution < -0.4 is 16.0 Å². The van der Waals surface area contributed by atoms with Crippen molar-refractivity contribution in [1.82, 2.24) is 4.98 Å². The minimum Gasteiger partial charge on any atom is -0.478 e. The predicted molar refractivity (Wildman–Crippen MR) is 135 cm³/mol. The molecule has 4 N–H and O–H groups in total. The van der Waals surface area contributed by atoms with Gasteiger partial charge in [0.2, 0.25) is 0 Å². The number of carbonyl (C=O) groups is 2. The van der Waals surface area contributed by atoms with E-state index in [4.69, 9.17) is 10.1 Å². The van der Waals surface area contributed by atoms with Gasteiger partial charge < -0.3 is 21.1 Å². The van der Waals surface area contributed by atoms with E-state index >= 15 is 0 Å². The molecule has 0 fully saturated rings. The van der Waals surface area contributed by atoms with Gasteiger partial charge in [-0.25, -0.2) is 14.6 Å². The Kier molecular flexibility index (Phi) is 5.50. The van der Waals surface area contributed by atoms with Gasteiger partial charge in [0.1, 0.15) is 0 Å². The number of para-hydroxylation sites is 2. The second kappa shape index (κ2) is 8.91. The third-order valence-corrected chi connectivity index (χ3v) is 5.39. The predicted octanol–water partition coefficient (Wildman–Crippen LogP) is 6.47. The third kappa shape index (κ3) is 4.35. The lowest BCUT2D eigenvalue weighted by Gasteiger charge is -2.14. The molecule has 0 radical (unpaired) electrons. The maximum absolute atomic E-state index is 12.3. The second-order valence-corrected chi connectivity index (χ2v) is 7.69. The van der Waals surface area contributed by atoms with Crippen molar-refractivity contribution in [3.63, 3.8) is 0 Å². The molecular formula is C27H20N4O3. The van der Waals surface area contributed by atoms with Crippen molar-refractivity contribution in [2.45, 2.75) is 0 Å².